The Kier molecular flexibility index (Phi) is 5.26. The lowest BCUT2D eigenvalue weighted by Crippen LogP contribution is -2.33. The summed E-state index contributed by atoms with van der Waals surface area (Å²) in [5, 5.41) is 0. The van der Waals surface area contributed by atoms with Gasteiger partial charge in [0.1, 0.15) is 5.82 Å². The second-order valence-electron chi connectivity index (χ2n) is 7.57. The number of nitrogen functional groups attached to an aromatic ring is 1. The molecule has 3 aromatic rings. The molecule has 2 N–H and O–H groups in total. The molecule has 0 aliphatic carbocycles. The number of carbonyl (C=O) groups is 1. The van der Waals surface area contributed by atoms with Gasteiger partial charge < -0.3 is 10.6 Å². The van der Waals surface area contributed by atoms with E-state index in [9.17, 15) is 4.79 Å². The highest BCUT2D eigenvalue weighted by Crippen LogP contribution is 2.29. The Morgan fingerprint density at radius 2 is 1.63 bits per heavy atom. The molecule has 138 valence electrons. The van der Waals surface area contributed by atoms with E-state index >= 15 is 0 Å². The van der Waals surface area contributed by atoms with Crippen LogP contribution >= 0.6 is 0 Å². The van der Waals surface area contributed by atoms with Crippen LogP contribution in [0.3, 0.4) is 0 Å². The largest absolute Gasteiger partial charge is 0.383 e. The van der Waals surface area contributed by atoms with Crippen molar-refractivity contribution in [2.24, 2.45) is 0 Å². The molecule has 1 aromatic heterocycles. The highest BCUT2D eigenvalue weighted by molar-refractivity contribution is 6.07. The number of amides is 1. The summed E-state index contributed by atoms with van der Waals surface area (Å²) in [7, 11) is 0. The van der Waals surface area contributed by atoms with E-state index in [2.05, 4.69) is 25.8 Å². The van der Waals surface area contributed by atoms with Crippen molar-refractivity contribution < 1.29 is 4.79 Å². The van der Waals surface area contributed by atoms with Crippen LogP contribution in [0.25, 0.3) is 0 Å². The third-order valence-corrected chi connectivity index (χ3v) is 4.53. The maximum Gasteiger partial charge on any atom is 0.258 e. The fraction of sp³-hybridized carbons (Fsp3) is 0.217. The van der Waals surface area contributed by atoms with Crippen molar-refractivity contribution in [3.05, 3.63) is 89.6 Å². The molecule has 3 rings (SSSR count). The molecule has 1 amide bonds. The number of carbonyl (C=O) groups excluding carboxylic acids is 1. The molecule has 0 fully saturated rings. The van der Waals surface area contributed by atoms with Gasteiger partial charge in [-0.2, -0.15) is 0 Å². The number of nitrogens with zero attached hydrogens (tertiary/aromatic N) is 2. The zero-order valence-electron chi connectivity index (χ0n) is 16.0. The van der Waals surface area contributed by atoms with Crippen LogP contribution in [0.2, 0.25) is 0 Å². The van der Waals surface area contributed by atoms with Crippen LogP contribution in [-0.2, 0) is 12.0 Å². The molecular weight excluding hydrogens is 334 g/mol. The van der Waals surface area contributed by atoms with Gasteiger partial charge >= 0.3 is 0 Å². The number of pyridine rings is 1. The zero-order valence-corrected chi connectivity index (χ0v) is 16.0. The third-order valence-electron chi connectivity index (χ3n) is 4.53. The number of nitrogens with two attached hydrogens (primary N) is 1. The SMILES string of the molecule is CC(C)(C)c1ccccc1C(=O)N(Cc1cccnc1N)c1ccccc1. The normalized spacial score (nSPS) is 11.2. The van der Waals surface area contributed by atoms with Gasteiger partial charge in [0.25, 0.3) is 5.91 Å². The Labute approximate surface area is 160 Å². The number of aromatic nitrogens is 1. The summed E-state index contributed by atoms with van der Waals surface area (Å²) in [5.74, 6) is 0.394. The van der Waals surface area contributed by atoms with Crippen LogP contribution in [0, 0.1) is 0 Å². The Morgan fingerprint density at radius 1 is 0.963 bits per heavy atom. The Bertz CT molecular complexity index is 930. The Hall–Kier alpha value is -3.14. The van der Waals surface area contributed by atoms with E-state index in [1.54, 1.807) is 11.1 Å². The van der Waals surface area contributed by atoms with Gasteiger partial charge in [-0.25, -0.2) is 4.98 Å². The maximum atomic E-state index is 13.6. The van der Waals surface area contributed by atoms with Crippen LogP contribution in [0.4, 0.5) is 11.5 Å². The number of rotatable bonds is 4. The molecule has 0 saturated heterocycles. The second-order valence-corrected chi connectivity index (χ2v) is 7.57. The molecule has 0 atom stereocenters. The molecule has 0 aliphatic rings. The van der Waals surface area contributed by atoms with Gasteiger partial charge in [0, 0.05) is 23.0 Å². The summed E-state index contributed by atoms with van der Waals surface area (Å²) < 4.78 is 0. The minimum Gasteiger partial charge on any atom is -0.383 e. The van der Waals surface area contributed by atoms with Crippen molar-refractivity contribution in [3.8, 4) is 0 Å². The van der Waals surface area contributed by atoms with Crippen LogP contribution in [0.5, 0.6) is 0 Å². The predicted octanol–water partition coefficient (Wildman–Crippen LogP) is 4.81. The first-order valence-electron chi connectivity index (χ1n) is 9.03. The summed E-state index contributed by atoms with van der Waals surface area (Å²) in [6, 6.07) is 21.2. The van der Waals surface area contributed by atoms with Crippen molar-refractivity contribution in [1.29, 1.82) is 0 Å². The number of para-hydroxylation sites is 1. The molecule has 4 nitrogen and oxygen atoms in total. The molecular formula is C23H25N3O. The van der Waals surface area contributed by atoms with Gasteiger partial charge in [-0.15, -0.1) is 0 Å². The molecule has 0 spiro atoms. The molecule has 4 heteroatoms. The lowest BCUT2D eigenvalue weighted by molar-refractivity contribution is 0.0983. The fourth-order valence-corrected chi connectivity index (χ4v) is 3.11. The molecule has 0 saturated carbocycles. The minimum atomic E-state index is -0.137. The first-order chi connectivity index (χ1) is 12.9. The van der Waals surface area contributed by atoms with E-state index in [-0.39, 0.29) is 11.3 Å². The summed E-state index contributed by atoms with van der Waals surface area (Å²) in [6.45, 7) is 6.71. The predicted molar refractivity (Wildman–Crippen MR) is 111 cm³/mol. The topological polar surface area (TPSA) is 59.2 Å². The molecule has 2 aromatic carbocycles. The molecule has 1 heterocycles. The average molecular weight is 359 g/mol. The quantitative estimate of drug-likeness (QED) is 0.727. The summed E-state index contributed by atoms with van der Waals surface area (Å²) in [6.07, 6.45) is 1.66. The Balaban J connectivity index is 2.07. The van der Waals surface area contributed by atoms with Crippen molar-refractivity contribution in [3.63, 3.8) is 0 Å². The molecule has 27 heavy (non-hydrogen) atoms. The molecule has 0 bridgehead atoms. The summed E-state index contributed by atoms with van der Waals surface area (Å²) in [4.78, 5) is 19.5. The van der Waals surface area contributed by atoms with Gasteiger partial charge in [-0.1, -0.05) is 63.2 Å². The number of hydrogen-bond acceptors (Lipinski definition) is 3. The zero-order chi connectivity index (χ0) is 19.4. The standard InChI is InChI=1S/C23H25N3O/c1-23(2,3)20-14-8-7-13-19(20)22(27)26(18-11-5-4-6-12-18)16-17-10-9-15-25-21(17)24/h4-15H,16H2,1-3H3,(H2,24,25). The molecule has 0 unspecified atom stereocenters. The smallest absolute Gasteiger partial charge is 0.258 e. The van der Waals surface area contributed by atoms with Gasteiger partial charge in [0.05, 0.1) is 6.54 Å². The van der Waals surface area contributed by atoms with Gasteiger partial charge in [0.2, 0.25) is 0 Å². The number of benzene rings is 2. The van der Waals surface area contributed by atoms with Crippen molar-refractivity contribution >= 4 is 17.4 Å². The number of hydrogen-bond donors (Lipinski definition) is 1. The molecule has 0 aliphatic heterocycles. The monoisotopic (exact) mass is 359 g/mol. The number of anilines is 2. The molecule has 0 radical (unpaired) electrons. The van der Waals surface area contributed by atoms with E-state index in [0.717, 1.165) is 16.8 Å². The van der Waals surface area contributed by atoms with E-state index in [1.807, 2.05) is 66.7 Å². The van der Waals surface area contributed by atoms with E-state index in [1.165, 1.54) is 0 Å². The van der Waals surface area contributed by atoms with E-state index < -0.39 is 0 Å². The van der Waals surface area contributed by atoms with E-state index in [4.69, 9.17) is 5.73 Å². The van der Waals surface area contributed by atoms with Crippen molar-refractivity contribution in [2.45, 2.75) is 32.7 Å². The van der Waals surface area contributed by atoms with Crippen molar-refractivity contribution in [1.82, 2.24) is 4.98 Å². The minimum absolute atomic E-state index is 0.0463. The van der Waals surface area contributed by atoms with Gasteiger partial charge in [-0.05, 0) is 35.2 Å². The van der Waals surface area contributed by atoms with Gasteiger partial charge in [-0.3, -0.25) is 4.79 Å². The lowest BCUT2D eigenvalue weighted by atomic mass is 9.83. The van der Waals surface area contributed by atoms with Crippen LogP contribution in [0.1, 0.15) is 42.3 Å². The van der Waals surface area contributed by atoms with Crippen LogP contribution in [-0.4, -0.2) is 10.9 Å². The summed E-state index contributed by atoms with van der Waals surface area (Å²) in [5.41, 5.74) is 9.28. The summed E-state index contributed by atoms with van der Waals surface area (Å²) >= 11 is 0. The maximum absolute atomic E-state index is 13.6. The van der Waals surface area contributed by atoms with Crippen LogP contribution in [0.15, 0.2) is 72.9 Å². The van der Waals surface area contributed by atoms with E-state index in [0.29, 0.717) is 17.9 Å². The van der Waals surface area contributed by atoms with Gasteiger partial charge in [0.15, 0.2) is 0 Å². The fourth-order valence-electron chi connectivity index (χ4n) is 3.11. The highest BCUT2D eigenvalue weighted by Gasteiger charge is 2.26. The first-order valence-corrected chi connectivity index (χ1v) is 9.03. The first kappa shape index (κ1) is 18.6. The highest BCUT2D eigenvalue weighted by atomic mass is 16.2. The van der Waals surface area contributed by atoms with Crippen LogP contribution < -0.4 is 10.6 Å². The second kappa shape index (κ2) is 7.62. The average Bonchev–Trinajstić information content (AvgIpc) is 2.67. The Morgan fingerprint density at radius 3 is 2.30 bits per heavy atom. The lowest BCUT2D eigenvalue weighted by Gasteiger charge is -2.28. The van der Waals surface area contributed by atoms with Crippen molar-refractivity contribution in [2.75, 3.05) is 10.6 Å². The third kappa shape index (κ3) is 4.17.